The van der Waals surface area contributed by atoms with Gasteiger partial charge in [0.05, 0.1) is 0 Å². The third-order valence-electron chi connectivity index (χ3n) is 3.08. The van der Waals surface area contributed by atoms with Gasteiger partial charge in [-0.3, -0.25) is 4.98 Å². The van der Waals surface area contributed by atoms with E-state index in [0.717, 1.165) is 22.3 Å². The fraction of sp³-hybridized carbons (Fsp3) is 0.267. The van der Waals surface area contributed by atoms with Gasteiger partial charge < -0.3 is 10.6 Å². The maximum Gasteiger partial charge on any atom is 0.0427 e. The van der Waals surface area contributed by atoms with Crippen molar-refractivity contribution in [3.8, 4) is 0 Å². The molecule has 2 N–H and O–H groups in total. The van der Waals surface area contributed by atoms with E-state index < -0.39 is 0 Å². The summed E-state index contributed by atoms with van der Waals surface area (Å²) in [5.41, 5.74) is 9.44. The first-order valence-corrected chi connectivity index (χ1v) is 7.02. The standard InChI is InChI=1S/C15H18BrN3/c1-11(17)14-4-3-13(9-15(14)16)19(2)10-12-5-7-18-8-6-12/h3-9,11H,10,17H2,1-2H3. The molecule has 1 heterocycles. The molecule has 1 aromatic heterocycles. The molecular formula is C15H18BrN3. The average molecular weight is 320 g/mol. The van der Waals surface area contributed by atoms with Crippen LogP contribution in [0.3, 0.4) is 0 Å². The highest BCUT2D eigenvalue weighted by Gasteiger charge is 2.08. The SMILES string of the molecule is CC(N)c1ccc(N(C)Cc2ccncc2)cc1Br. The number of nitrogens with zero attached hydrogens (tertiary/aromatic N) is 2. The Morgan fingerprint density at radius 3 is 2.53 bits per heavy atom. The van der Waals surface area contributed by atoms with Crippen LogP contribution in [-0.2, 0) is 6.54 Å². The van der Waals surface area contributed by atoms with Gasteiger partial charge in [-0.1, -0.05) is 22.0 Å². The molecule has 2 aromatic rings. The van der Waals surface area contributed by atoms with E-state index in [0.29, 0.717) is 0 Å². The molecule has 0 saturated heterocycles. The number of aromatic nitrogens is 1. The number of hydrogen-bond donors (Lipinski definition) is 1. The van der Waals surface area contributed by atoms with Gasteiger partial charge in [0.15, 0.2) is 0 Å². The van der Waals surface area contributed by atoms with Gasteiger partial charge in [-0.2, -0.15) is 0 Å². The molecule has 1 unspecified atom stereocenters. The largest absolute Gasteiger partial charge is 0.370 e. The molecule has 1 atom stereocenters. The molecule has 3 nitrogen and oxygen atoms in total. The van der Waals surface area contributed by atoms with Crippen molar-refractivity contribution in [2.75, 3.05) is 11.9 Å². The molecule has 4 heteroatoms. The normalized spacial score (nSPS) is 12.2. The van der Waals surface area contributed by atoms with Crippen LogP contribution in [0, 0.1) is 0 Å². The molecule has 0 aliphatic carbocycles. The van der Waals surface area contributed by atoms with Crippen molar-refractivity contribution in [2.24, 2.45) is 5.73 Å². The minimum Gasteiger partial charge on any atom is -0.370 e. The second kappa shape index (κ2) is 6.17. The predicted octanol–water partition coefficient (Wildman–Crippen LogP) is 3.50. The molecule has 1 aromatic carbocycles. The van der Waals surface area contributed by atoms with Gasteiger partial charge in [0.2, 0.25) is 0 Å². The summed E-state index contributed by atoms with van der Waals surface area (Å²) in [7, 11) is 2.08. The van der Waals surface area contributed by atoms with Gasteiger partial charge in [-0.05, 0) is 42.3 Å². The summed E-state index contributed by atoms with van der Waals surface area (Å²) in [6.45, 7) is 2.84. The summed E-state index contributed by atoms with van der Waals surface area (Å²) in [5.74, 6) is 0. The highest BCUT2D eigenvalue weighted by atomic mass is 79.9. The van der Waals surface area contributed by atoms with Gasteiger partial charge >= 0.3 is 0 Å². The van der Waals surface area contributed by atoms with Crippen molar-refractivity contribution in [2.45, 2.75) is 19.5 Å². The van der Waals surface area contributed by atoms with Crippen LogP contribution in [-0.4, -0.2) is 12.0 Å². The quantitative estimate of drug-likeness (QED) is 0.937. The number of nitrogens with two attached hydrogens (primary N) is 1. The van der Waals surface area contributed by atoms with Gasteiger partial charge in [-0.25, -0.2) is 0 Å². The van der Waals surface area contributed by atoms with Crippen molar-refractivity contribution < 1.29 is 0 Å². The number of pyridine rings is 1. The molecule has 2 rings (SSSR count). The van der Waals surface area contributed by atoms with Gasteiger partial charge in [0, 0.05) is 42.2 Å². The Bertz CT molecular complexity index is 540. The number of benzene rings is 1. The fourth-order valence-electron chi connectivity index (χ4n) is 1.98. The van der Waals surface area contributed by atoms with Crippen molar-refractivity contribution in [1.82, 2.24) is 4.98 Å². The molecule has 0 aliphatic rings. The third-order valence-corrected chi connectivity index (χ3v) is 3.77. The summed E-state index contributed by atoms with van der Waals surface area (Å²) in [5, 5.41) is 0. The molecular weight excluding hydrogens is 302 g/mol. The van der Waals surface area contributed by atoms with E-state index in [2.05, 4.69) is 51.1 Å². The van der Waals surface area contributed by atoms with E-state index in [1.807, 2.05) is 31.5 Å². The summed E-state index contributed by atoms with van der Waals surface area (Å²) >= 11 is 3.58. The van der Waals surface area contributed by atoms with E-state index in [1.165, 1.54) is 5.56 Å². The Labute approximate surface area is 122 Å². The minimum atomic E-state index is 0.0360. The maximum atomic E-state index is 5.91. The Morgan fingerprint density at radius 1 is 1.26 bits per heavy atom. The number of anilines is 1. The van der Waals surface area contributed by atoms with Crippen LogP contribution in [0.2, 0.25) is 0 Å². The fourth-order valence-corrected chi connectivity index (χ4v) is 2.70. The van der Waals surface area contributed by atoms with Crippen LogP contribution in [0.25, 0.3) is 0 Å². The van der Waals surface area contributed by atoms with E-state index in [4.69, 9.17) is 5.73 Å². The molecule has 100 valence electrons. The van der Waals surface area contributed by atoms with E-state index >= 15 is 0 Å². The first kappa shape index (κ1) is 14.0. The first-order chi connectivity index (χ1) is 9.08. The minimum absolute atomic E-state index is 0.0360. The summed E-state index contributed by atoms with van der Waals surface area (Å²) in [4.78, 5) is 6.23. The molecule has 0 radical (unpaired) electrons. The van der Waals surface area contributed by atoms with Crippen molar-refractivity contribution in [3.05, 3.63) is 58.3 Å². The Hall–Kier alpha value is -1.39. The molecule has 0 aliphatic heterocycles. The van der Waals surface area contributed by atoms with E-state index in [1.54, 1.807) is 0 Å². The number of hydrogen-bond acceptors (Lipinski definition) is 3. The van der Waals surface area contributed by atoms with Crippen molar-refractivity contribution in [1.29, 1.82) is 0 Å². The Morgan fingerprint density at radius 2 is 1.95 bits per heavy atom. The molecule has 0 amide bonds. The monoisotopic (exact) mass is 319 g/mol. The lowest BCUT2D eigenvalue weighted by Crippen LogP contribution is -2.16. The third kappa shape index (κ3) is 3.55. The highest BCUT2D eigenvalue weighted by molar-refractivity contribution is 9.10. The van der Waals surface area contributed by atoms with Gasteiger partial charge in [0.25, 0.3) is 0 Å². The zero-order valence-electron chi connectivity index (χ0n) is 11.2. The van der Waals surface area contributed by atoms with Crippen LogP contribution in [0.4, 0.5) is 5.69 Å². The van der Waals surface area contributed by atoms with Gasteiger partial charge in [0.1, 0.15) is 0 Å². The van der Waals surface area contributed by atoms with Crippen molar-refractivity contribution in [3.63, 3.8) is 0 Å². The average Bonchev–Trinajstić information content (AvgIpc) is 2.39. The topological polar surface area (TPSA) is 42.1 Å². The zero-order chi connectivity index (χ0) is 13.8. The first-order valence-electron chi connectivity index (χ1n) is 6.23. The second-order valence-corrected chi connectivity index (χ2v) is 5.56. The Balaban J connectivity index is 2.16. The number of halogens is 1. The smallest absolute Gasteiger partial charge is 0.0427 e. The predicted molar refractivity (Wildman–Crippen MR) is 83.1 cm³/mol. The van der Waals surface area contributed by atoms with Crippen LogP contribution >= 0.6 is 15.9 Å². The van der Waals surface area contributed by atoms with Gasteiger partial charge in [-0.15, -0.1) is 0 Å². The van der Waals surface area contributed by atoms with Crippen LogP contribution < -0.4 is 10.6 Å². The lowest BCUT2D eigenvalue weighted by Gasteiger charge is -2.21. The lowest BCUT2D eigenvalue weighted by molar-refractivity contribution is 0.811. The molecule has 0 saturated carbocycles. The molecule has 0 spiro atoms. The summed E-state index contributed by atoms with van der Waals surface area (Å²) < 4.78 is 1.06. The van der Waals surface area contributed by atoms with E-state index in [-0.39, 0.29) is 6.04 Å². The second-order valence-electron chi connectivity index (χ2n) is 4.71. The maximum absolute atomic E-state index is 5.91. The lowest BCUT2D eigenvalue weighted by atomic mass is 10.1. The van der Waals surface area contributed by atoms with Crippen LogP contribution in [0.5, 0.6) is 0 Å². The molecule has 0 bridgehead atoms. The Kier molecular flexibility index (Phi) is 4.56. The molecule has 0 fully saturated rings. The van der Waals surface area contributed by atoms with Crippen molar-refractivity contribution >= 4 is 21.6 Å². The summed E-state index contributed by atoms with van der Waals surface area (Å²) in [6, 6.07) is 10.4. The number of rotatable bonds is 4. The molecule has 19 heavy (non-hydrogen) atoms. The zero-order valence-corrected chi connectivity index (χ0v) is 12.8. The summed E-state index contributed by atoms with van der Waals surface area (Å²) in [6.07, 6.45) is 3.64. The van der Waals surface area contributed by atoms with Crippen LogP contribution in [0.15, 0.2) is 47.2 Å². The van der Waals surface area contributed by atoms with E-state index in [9.17, 15) is 0 Å². The highest BCUT2D eigenvalue weighted by Crippen LogP contribution is 2.27. The van der Waals surface area contributed by atoms with Crippen LogP contribution in [0.1, 0.15) is 24.1 Å².